The van der Waals surface area contributed by atoms with Gasteiger partial charge < -0.3 is 4.90 Å². The van der Waals surface area contributed by atoms with Gasteiger partial charge in [0.2, 0.25) is 0 Å². The minimum atomic E-state index is -3.50. The summed E-state index contributed by atoms with van der Waals surface area (Å²) in [7, 11) is 0.121. The average Bonchev–Trinajstić information content (AvgIpc) is 2.17. The molecule has 1 N–H and O–H groups in total. The van der Waals surface area contributed by atoms with E-state index in [1.165, 1.54) is 12.3 Å². The molecule has 0 unspecified atom stereocenters. The second-order valence-electron chi connectivity index (χ2n) is 3.33. The molecule has 0 spiro atoms. The number of halogens is 1. The summed E-state index contributed by atoms with van der Waals surface area (Å²) in [5.74, 6) is 0. The van der Waals surface area contributed by atoms with Gasteiger partial charge >= 0.3 is 0 Å². The van der Waals surface area contributed by atoms with Gasteiger partial charge in [-0.2, -0.15) is 0 Å². The van der Waals surface area contributed by atoms with Crippen LogP contribution in [0.5, 0.6) is 0 Å². The van der Waals surface area contributed by atoms with E-state index in [0.717, 1.165) is 0 Å². The number of benzene rings is 1. The zero-order chi connectivity index (χ0) is 12.2. The molecule has 0 atom stereocenters. The van der Waals surface area contributed by atoms with E-state index in [1.807, 2.05) is 14.1 Å². The summed E-state index contributed by atoms with van der Waals surface area (Å²) in [6, 6.07) is 6.66. The third-order valence-electron chi connectivity index (χ3n) is 1.72. The summed E-state index contributed by atoms with van der Waals surface area (Å²) in [5, 5.41) is 0. The van der Waals surface area contributed by atoms with Crippen LogP contribution in [-0.4, -0.2) is 27.4 Å². The number of hydrogen-bond acceptors (Lipinski definition) is 3. The Hall–Kier alpha value is -1.01. The number of rotatable bonds is 4. The Balaban J connectivity index is 2.91. The lowest BCUT2D eigenvalue weighted by atomic mass is 10.4. The van der Waals surface area contributed by atoms with Gasteiger partial charge in [0.25, 0.3) is 10.0 Å². The number of nitrogens with zero attached hydrogens (tertiary/aromatic N) is 1. The minimum absolute atomic E-state index is 0.221. The van der Waals surface area contributed by atoms with E-state index in [-0.39, 0.29) is 4.90 Å². The standard InChI is InChI=1S/C10H13BrN2O2S/c1-13(2)8-7-12-16(14,15)10-6-4-3-5-9(10)11/h3-8,12H,1-2H3/b8-7-. The van der Waals surface area contributed by atoms with Crippen molar-refractivity contribution in [2.75, 3.05) is 14.1 Å². The molecule has 0 bridgehead atoms. The van der Waals surface area contributed by atoms with Gasteiger partial charge in [-0.1, -0.05) is 12.1 Å². The molecule has 0 saturated heterocycles. The first-order valence-corrected chi connectivity index (χ1v) is 6.81. The Bertz CT molecular complexity index is 483. The Labute approximate surface area is 104 Å². The summed E-state index contributed by atoms with van der Waals surface area (Å²) < 4.78 is 26.6. The van der Waals surface area contributed by atoms with Crippen molar-refractivity contribution in [3.8, 4) is 0 Å². The van der Waals surface area contributed by atoms with E-state index >= 15 is 0 Å². The van der Waals surface area contributed by atoms with E-state index in [1.54, 1.807) is 29.3 Å². The Morgan fingerprint density at radius 3 is 2.50 bits per heavy atom. The van der Waals surface area contributed by atoms with Gasteiger partial charge in [-0.05, 0) is 28.1 Å². The highest BCUT2D eigenvalue weighted by Crippen LogP contribution is 2.20. The molecule has 0 amide bonds. The molecule has 0 aliphatic rings. The molecule has 0 heterocycles. The Morgan fingerprint density at radius 1 is 1.31 bits per heavy atom. The molecule has 16 heavy (non-hydrogen) atoms. The lowest BCUT2D eigenvalue weighted by Crippen LogP contribution is -2.19. The molecule has 0 saturated carbocycles. The molecular weight excluding hydrogens is 292 g/mol. The molecule has 0 radical (unpaired) electrons. The molecule has 1 aromatic rings. The maximum atomic E-state index is 11.8. The van der Waals surface area contributed by atoms with Crippen molar-refractivity contribution in [3.05, 3.63) is 41.1 Å². The van der Waals surface area contributed by atoms with Crippen LogP contribution in [-0.2, 0) is 10.0 Å². The van der Waals surface area contributed by atoms with Crippen LogP contribution in [0.2, 0.25) is 0 Å². The van der Waals surface area contributed by atoms with Crippen LogP contribution in [0.15, 0.2) is 46.0 Å². The van der Waals surface area contributed by atoms with Gasteiger partial charge in [-0.15, -0.1) is 0 Å². The second kappa shape index (κ2) is 5.36. The van der Waals surface area contributed by atoms with Gasteiger partial charge in [0.15, 0.2) is 0 Å². The van der Waals surface area contributed by atoms with Gasteiger partial charge in [-0.25, -0.2) is 8.42 Å². The summed E-state index contributed by atoms with van der Waals surface area (Å²) >= 11 is 3.20. The highest BCUT2D eigenvalue weighted by molar-refractivity contribution is 9.10. The van der Waals surface area contributed by atoms with Crippen molar-refractivity contribution in [2.24, 2.45) is 0 Å². The third kappa shape index (κ3) is 3.53. The number of sulfonamides is 1. The topological polar surface area (TPSA) is 49.4 Å². The predicted molar refractivity (Wildman–Crippen MR) is 67.3 cm³/mol. The van der Waals surface area contributed by atoms with E-state index in [4.69, 9.17) is 0 Å². The predicted octanol–water partition coefficient (Wildman–Crippen LogP) is 1.76. The molecule has 0 aliphatic carbocycles. The third-order valence-corrected chi connectivity index (χ3v) is 4.06. The highest BCUT2D eigenvalue weighted by atomic mass is 79.9. The highest BCUT2D eigenvalue weighted by Gasteiger charge is 2.14. The summed E-state index contributed by atoms with van der Waals surface area (Å²) in [6.45, 7) is 0. The smallest absolute Gasteiger partial charge is 0.262 e. The molecule has 0 aliphatic heterocycles. The summed E-state index contributed by atoms with van der Waals surface area (Å²) in [6.07, 6.45) is 3.00. The maximum Gasteiger partial charge on any atom is 0.262 e. The molecule has 6 heteroatoms. The van der Waals surface area contributed by atoms with Gasteiger partial charge in [0.05, 0.1) is 0 Å². The van der Waals surface area contributed by atoms with Crippen molar-refractivity contribution >= 4 is 26.0 Å². The SMILES string of the molecule is CN(C)/C=C\NS(=O)(=O)c1ccccc1Br. The Morgan fingerprint density at radius 2 is 1.94 bits per heavy atom. The zero-order valence-corrected chi connectivity index (χ0v) is 11.4. The fraction of sp³-hybridized carbons (Fsp3) is 0.200. The number of nitrogens with one attached hydrogen (secondary N) is 1. The molecular formula is C10H13BrN2O2S. The van der Waals surface area contributed by atoms with Crippen LogP contribution >= 0.6 is 15.9 Å². The molecule has 88 valence electrons. The fourth-order valence-corrected chi connectivity index (χ4v) is 2.87. The average molecular weight is 305 g/mol. The van der Waals surface area contributed by atoms with Crippen LogP contribution in [0.25, 0.3) is 0 Å². The van der Waals surface area contributed by atoms with Crippen LogP contribution in [0.4, 0.5) is 0 Å². The van der Waals surface area contributed by atoms with Crippen molar-refractivity contribution in [1.82, 2.24) is 9.62 Å². The van der Waals surface area contributed by atoms with Crippen LogP contribution in [0, 0.1) is 0 Å². The van der Waals surface area contributed by atoms with E-state index in [2.05, 4.69) is 20.7 Å². The largest absolute Gasteiger partial charge is 0.382 e. The van der Waals surface area contributed by atoms with Crippen LogP contribution in [0.3, 0.4) is 0 Å². The number of hydrogen-bond donors (Lipinski definition) is 1. The van der Waals surface area contributed by atoms with E-state index < -0.39 is 10.0 Å². The van der Waals surface area contributed by atoms with Crippen LogP contribution in [0.1, 0.15) is 0 Å². The molecule has 0 fully saturated rings. The molecule has 1 rings (SSSR count). The second-order valence-corrected chi connectivity index (χ2v) is 5.87. The van der Waals surface area contributed by atoms with Gasteiger partial charge in [-0.3, -0.25) is 4.72 Å². The van der Waals surface area contributed by atoms with Crippen molar-refractivity contribution in [1.29, 1.82) is 0 Å². The summed E-state index contributed by atoms with van der Waals surface area (Å²) in [4.78, 5) is 1.96. The van der Waals surface area contributed by atoms with Crippen molar-refractivity contribution < 1.29 is 8.42 Å². The lowest BCUT2D eigenvalue weighted by Gasteiger charge is -2.07. The monoisotopic (exact) mass is 304 g/mol. The molecule has 1 aromatic carbocycles. The molecule has 4 nitrogen and oxygen atoms in total. The molecule has 0 aromatic heterocycles. The van der Waals surface area contributed by atoms with E-state index in [9.17, 15) is 8.42 Å². The van der Waals surface area contributed by atoms with Crippen LogP contribution < -0.4 is 4.72 Å². The van der Waals surface area contributed by atoms with Crippen molar-refractivity contribution in [3.63, 3.8) is 0 Å². The quantitative estimate of drug-likeness (QED) is 0.922. The Kier molecular flexibility index (Phi) is 4.37. The normalized spacial score (nSPS) is 11.7. The zero-order valence-electron chi connectivity index (χ0n) is 9.01. The first kappa shape index (κ1) is 13.1. The summed E-state index contributed by atoms with van der Waals surface area (Å²) in [5.41, 5.74) is 0. The fourth-order valence-electron chi connectivity index (χ4n) is 0.995. The van der Waals surface area contributed by atoms with Crippen molar-refractivity contribution in [2.45, 2.75) is 4.90 Å². The van der Waals surface area contributed by atoms with Gasteiger partial charge in [0, 0.05) is 31.0 Å². The lowest BCUT2D eigenvalue weighted by molar-refractivity contribution is 0.558. The first-order chi connectivity index (χ1) is 7.43. The van der Waals surface area contributed by atoms with Gasteiger partial charge in [0.1, 0.15) is 4.90 Å². The minimum Gasteiger partial charge on any atom is -0.382 e. The first-order valence-electron chi connectivity index (χ1n) is 4.53. The maximum absolute atomic E-state index is 11.8. The van der Waals surface area contributed by atoms with E-state index in [0.29, 0.717) is 4.47 Å².